The monoisotopic (exact) mass is 481 g/mol. The van der Waals surface area contributed by atoms with E-state index in [1.165, 1.54) is 0 Å². The predicted molar refractivity (Wildman–Crippen MR) is 125 cm³/mol. The van der Waals surface area contributed by atoms with E-state index in [0.717, 1.165) is 42.0 Å². The van der Waals surface area contributed by atoms with Crippen LogP contribution in [0, 0.1) is 0 Å². The van der Waals surface area contributed by atoms with Crippen LogP contribution in [0.15, 0.2) is 35.1 Å². The lowest BCUT2D eigenvalue weighted by Gasteiger charge is -2.34. The molecular weight excluding hydrogens is 458 g/mol. The molecule has 176 valence electrons. The summed E-state index contributed by atoms with van der Waals surface area (Å²) in [5.41, 5.74) is 3.61. The van der Waals surface area contributed by atoms with Gasteiger partial charge < -0.3 is 19.7 Å². The third kappa shape index (κ3) is 3.33. The second-order valence-corrected chi connectivity index (χ2v) is 9.32. The number of aromatic nitrogens is 3. The van der Waals surface area contributed by atoms with E-state index >= 15 is 0 Å². The van der Waals surface area contributed by atoms with Crippen molar-refractivity contribution < 1.29 is 19.1 Å². The van der Waals surface area contributed by atoms with Gasteiger partial charge >= 0.3 is 0 Å². The maximum atomic E-state index is 13.5. The third-order valence-corrected chi connectivity index (χ3v) is 7.39. The van der Waals surface area contributed by atoms with Crippen LogP contribution in [0.1, 0.15) is 47.1 Å². The Morgan fingerprint density at radius 2 is 2.09 bits per heavy atom. The smallest absolute Gasteiger partial charge is 0.270 e. The van der Waals surface area contributed by atoms with Crippen LogP contribution in [0.4, 0.5) is 5.69 Å². The average Bonchev–Trinajstić information content (AvgIpc) is 3.49. The summed E-state index contributed by atoms with van der Waals surface area (Å²) in [5, 5.41) is 3.42. The Hall–Kier alpha value is -3.17. The molecule has 0 bridgehead atoms. The van der Waals surface area contributed by atoms with Gasteiger partial charge in [-0.2, -0.15) is 0 Å². The number of hydrogen-bond acceptors (Lipinski definition) is 6. The van der Waals surface area contributed by atoms with Gasteiger partial charge in [0, 0.05) is 49.4 Å². The number of methoxy groups -OCH3 is 1. The van der Waals surface area contributed by atoms with Gasteiger partial charge in [0.25, 0.3) is 11.8 Å². The van der Waals surface area contributed by atoms with Crippen molar-refractivity contribution in [1.29, 1.82) is 0 Å². The highest BCUT2D eigenvalue weighted by atomic mass is 35.5. The molecule has 2 aromatic rings. The summed E-state index contributed by atoms with van der Waals surface area (Å²) in [6.07, 6.45) is 7.84. The van der Waals surface area contributed by atoms with Crippen molar-refractivity contribution in [1.82, 2.24) is 19.9 Å². The third-order valence-electron chi connectivity index (χ3n) is 7.05. The molecule has 2 aromatic heterocycles. The van der Waals surface area contributed by atoms with Crippen LogP contribution in [0.25, 0.3) is 5.70 Å². The van der Waals surface area contributed by atoms with Gasteiger partial charge in [-0.1, -0.05) is 11.6 Å². The first-order chi connectivity index (χ1) is 16.5. The largest absolute Gasteiger partial charge is 0.481 e. The second kappa shape index (κ2) is 8.25. The number of hydrogen-bond donors (Lipinski definition) is 1. The zero-order valence-electron chi connectivity index (χ0n) is 18.7. The SMILES string of the molecule is COc1cc2c(cn1)N(C(=O)C1=C(Cl)C=C3C(C1)NC(=O)c1cnc(C4CCOCC4)n13)CC2. The van der Waals surface area contributed by atoms with Crippen molar-refractivity contribution in [3.8, 4) is 5.88 Å². The highest BCUT2D eigenvalue weighted by Crippen LogP contribution is 2.39. The van der Waals surface area contributed by atoms with E-state index in [1.807, 2.05) is 10.6 Å². The molecule has 0 spiro atoms. The van der Waals surface area contributed by atoms with Crippen molar-refractivity contribution in [2.45, 2.75) is 37.6 Å². The fraction of sp³-hybridized carbons (Fsp3) is 0.417. The molecule has 10 heteroatoms. The standard InChI is InChI=1S/C24H24ClN5O4/c1-33-21-8-14-2-5-29(19(14)11-26-21)24(32)15-9-17-18(10-16(15)25)30-20(23(31)28-17)12-27-22(30)13-3-6-34-7-4-13/h8,10-13,17H,2-7,9H2,1H3,(H,28,31). The van der Waals surface area contributed by atoms with E-state index in [4.69, 9.17) is 21.1 Å². The lowest BCUT2D eigenvalue weighted by atomic mass is 9.93. The zero-order valence-corrected chi connectivity index (χ0v) is 19.5. The lowest BCUT2D eigenvalue weighted by Crippen LogP contribution is -2.46. The Kier molecular flexibility index (Phi) is 5.18. The predicted octanol–water partition coefficient (Wildman–Crippen LogP) is 2.62. The number of nitrogens with one attached hydrogen (secondary N) is 1. The number of rotatable bonds is 3. The number of carbonyl (C=O) groups is 2. The Morgan fingerprint density at radius 3 is 2.88 bits per heavy atom. The molecule has 4 aliphatic rings. The van der Waals surface area contributed by atoms with Crippen LogP contribution < -0.4 is 15.0 Å². The molecule has 1 aliphatic carbocycles. The maximum Gasteiger partial charge on any atom is 0.270 e. The molecule has 0 aromatic carbocycles. The molecule has 0 saturated carbocycles. The minimum Gasteiger partial charge on any atom is -0.481 e. The zero-order chi connectivity index (χ0) is 23.4. The minimum atomic E-state index is -0.356. The van der Waals surface area contributed by atoms with Gasteiger partial charge in [-0.3, -0.25) is 14.2 Å². The highest BCUT2D eigenvalue weighted by Gasteiger charge is 2.39. The molecule has 3 aliphatic heterocycles. The molecule has 5 heterocycles. The van der Waals surface area contributed by atoms with Crippen molar-refractivity contribution in [2.75, 3.05) is 31.8 Å². The van der Waals surface area contributed by atoms with Crippen LogP contribution in [0.3, 0.4) is 0 Å². The van der Waals surface area contributed by atoms with Gasteiger partial charge in [0.15, 0.2) is 0 Å². The fourth-order valence-corrected chi connectivity index (χ4v) is 5.55. The Balaban J connectivity index is 1.35. The average molecular weight is 482 g/mol. The van der Waals surface area contributed by atoms with E-state index in [2.05, 4.69) is 15.3 Å². The van der Waals surface area contributed by atoms with Crippen molar-refractivity contribution in [3.63, 3.8) is 0 Å². The summed E-state index contributed by atoms with van der Waals surface area (Å²) in [6, 6.07) is 1.50. The number of imidazole rings is 1. The summed E-state index contributed by atoms with van der Waals surface area (Å²) in [4.78, 5) is 37.0. The van der Waals surface area contributed by atoms with Gasteiger partial charge in [0.05, 0.1) is 36.3 Å². The van der Waals surface area contributed by atoms with Gasteiger partial charge in [-0.05, 0) is 30.9 Å². The topological polar surface area (TPSA) is 98.6 Å². The van der Waals surface area contributed by atoms with E-state index in [1.54, 1.807) is 30.5 Å². The molecule has 1 fully saturated rings. The summed E-state index contributed by atoms with van der Waals surface area (Å²) >= 11 is 6.71. The van der Waals surface area contributed by atoms with Crippen molar-refractivity contribution >= 4 is 34.8 Å². The first-order valence-electron chi connectivity index (χ1n) is 11.5. The van der Waals surface area contributed by atoms with Crippen LogP contribution >= 0.6 is 11.6 Å². The molecule has 6 rings (SSSR count). The van der Waals surface area contributed by atoms with Crippen LogP contribution in [-0.2, 0) is 16.0 Å². The Labute approximate surface area is 201 Å². The maximum absolute atomic E-state index is 13.5. The molecule has 2 amide bonds. The molecule has 1 N–H and O–H groups in total. The van der Waals surface area contributed by atoms with E-state index in [0.29, 0.717) is 48.4 Å². The molecule has 34 heavy (non-hydrogen) atoms. The first kappa shape index (κ1) is 21.4. The number of anilines is 1. The van der Waals surface area contributed by atoms with Crippen LogP contribution in [-0.4, -0.2) is 59.3 Å². The van der Waals surface area contributed by atoms with Gasteiger partial charge in [-0.25, -0.2) is 9.97 Å². The number of fused-ring (bicyclic) bond motifs is 4. The van der Waals surface area contributed by atoms with E-state index in [9.17, 15) is 9.59 Å². The van der Waals surface area contributed by atoms with Crippen molar-refractivity contribution in [2.24, 2.45) is 0 Å². The first-order valence-corrected chi connectivity index (χ1v) is 11.8. The number of nitrogens with zero attached hydrogens (tertiary/aromatic N) is 4. The van der Waals surface area contributed by atoms with Gasteiger partial charge in [0.2, 0.25) is 5.88 Å². The quantitative estimate of drug-likeness (QED) is 0.723. The number of carbonyl (C=O) groups excluding carboxylic acids is 2. The summed E-state index contributed by atoms with van der Waals surface area (Å²) in [7, 11) is 1.57. The van der Waals surface area contributed by atoms with Crippen LogP contribution in [0.5, 0.6) is 5.88 Å². The second-order valence-electron chi connectivity index (χ2n) is 8.91. The fourth-order valence-electron chi connectivity index (χ4n) is 5.28. The number of ether oxygens (including phenoxy) is 2. The number of pyridine rings is 1. The molecule has 0 radical (unpaired) electrons. The van der Waals surface area contributed by atoms with Crippen LogP contribution in [0.2, 0.25) is 0 Å². The highest BCUT2D eigenvalue weighted by molar-refractivity contribution is 6.35. The summed E-state index contributed by atoms with van der Waals surface area (Å²) in [6.45, 7) is 1.90. The number of allylic oxidation sites excluding steroid dienone is 2. The molecular formula is C24H24ClN5O4. The molecule has 9 nitrogen and oxygen atoms in total. The lowest BCUT2D eigenvalue weighted by molar-refractivity contribution is -0.115. The summed E-state index contributed by atoms with van der Waals surface area (Å²) < 4.78 is 12.6. The molecule has 1 atom stereocenters. The van der Waals surface area contributed by atoms with E-state index < -0.39 is 0 Å². The Bertz CT molecular complexity index is 1260. The minimum absolute atomic E-state index is 0.165. The molecule has 1 unspecified atom stereocenters. The normalized spacial score (nSPS) is 22.1. The number of halogens is 1. The summed E-state index contributed by atoms with van der Waals surface area (Å²) in [5.74, 6) is 1.24. The van der Waals surface area contributed by atoms with Gasteiger partial charge in [0.1, 0.15) is 11.5 Å². The Morgan fingerprint density at radius 1 is 1.26 bits per heavy atom. The van der Waals surface area contributed by atoms with Crippen molar-refractivity contribution in [3.05, 3.63) is 52.2 Å². The van der Waals surface area contributed by atoms with Gasteiger partial charge in [-0.15, -0.1) is 0 Å². The molecule has 1 saturated heterocycles. The number of amides is 2. The van der Waals surface area contributed by atoms with E-state index in [-0.39, 0.29) is 23.8 Å².